The van der Waals surface area contributed by atoms with E-state index in [2.05, 4.69) is 0 Å². The summed E-state index contributed by atoms with van der Waals surface area (Å²) in [6.07, 6.45) is 0.623. The largest absolute Gasteiger partial charge is 0.497 e. The molecule has 1 saturated heterocycles. The first-order valence-corrected chi connectivity index (χ1v) is 6.36. The van der Waals surface area contributed by atoms with Crippen molar-refractivity contribution in [1.29, 1.82) is 0 Å². The molecule has 1 amide bonds. The maximum atomic E-state index is 12.4. The molecule has 1 aromatic rings. The zero-order valence-electron chi connectivity index (χ0n) is 11.6. The Morgan fingerprint density at radius 1 is 1.30 bits per heavy atom. The lowest BCUT2D eigenvalue weighted by atomic mass is 10.1. The minimum atomic E-state index is -0.273. The van der Waals surface area contributed by atoms with Gasteiger partial charge in [0.1, 0.15) is 5.75 Å². The molecular weight excluding hydrogens is 260 g/mol. The maximum absolute atomic E-state index is 12.4. The summed E-state index contributed by atoms with van der Waals surface area (Å²) >= 11 is 0. The van der Waals surface area contributed by atoms with Crippen molar-refractivity contribution in [3.8, 4) is 5.75 Å². The van der Waals surface area contributed by atoms with Gasteiger partial charge in [0.2, 0.25) is 0 Å². The maximum Gasteiger partial charge on any atom is 0.310 e. The molecule has 1 fully saturated rings. The van der Waals surface area contributed by atoms with Gasteiger partial charge in [-0.25, -0.2) is 0 Å². The van der Waals surface area contributed by atoms with E-state index in [1.165, 1.54) is 14.2 Å². The minimum absolute atomic E-state index is 0.151. The molecule has 0 saturated carbocycles. The van der Waals surface area contributed by atoms with Crippen molar-refractivity contribution in [3.05, 3.63) is 23.8 Å². The third-order valence-electron chi connectivity index (χ3n) is 3.42. The van der Waals surface area contributed by atoms with Crippen LogP contribution in [0.4, 0.5) is 5.69 Å². The molecule has 1 aromatic carbocycles. The van der Waals surface area contributed by atoms with Gasteiger partial charge in [0.15, 0.2) is 0 Å². The van der Waals surface area contributed by atoms with Gasteiger partial charge in [-0.05, 0) is 18.6 Å². The smallest absolute Gasteiger partial charge is 0.310 e. The van der Waals surface area contributed by atoms with E-state index in [0.717, 1.165) is 0 Å². The number of carbonyl (C=O) groups is 2. The fraction of sp³-hybridized carbons (Fsp3) is 0.429. The Morgan fingerprint density at radius 2 is 2.05 bits per heavy atom. The highest BCUT2D eigenvalue weighted by molar-refractivity contribution is 5.96. The zero-order chi connectivity index (χ0) is 14.7. The average Bonchev–Trinajstić information content (AvgIpc) is 2.94. The molecule has 1 unspecified atom stereocenters. The van der Waals surface area contributed by atoms with Gasteiger partial charge in [-0.3, -0.25) is 9.59 Å². The van der Waals surface area contributed by atoms with Crippen molar-refractivity contribution in [2.45, 2.75) is 6.42 Å². The first-order valence-electron chi connectivity index (χ1n) is 6.36. The number of nitrogen functional groups attached to an aromatic ring is 1. The summed E-state index contributed by atoms with van der Waals surface area (Å²) in [4.78, 5) is 25.5. The van der Waals surface area contributed by atoms with Gasteiger partial charge in [-0.2, -0.15) is 0 Å². The van der Waals surface area contributed by atoms with Gasteiger partial charge >= 0.3 is 5.97 Å². The van der Waals surface area contributed by atoms with Crippen molar-refractivity contribution < 1.29 is 19.1 Å². The Bertz CT molecular complexity index is 530. The molecule has 1 aliphatic heterocycles. The second kappa shape index (κ2) is 5.81. The number of methoxy groups -OCH3 is 2. The number of carbonyl (C=O) groups excluding carboxylic acids is 2. The molecule has 2 rings (SSSR count). The first kappa shape index (κ1) is 14.2. The van der Waals surface area contributed by atoms with Crippen LogP contribution in [0, 0.1) is 5.92 Å². The number of benzene rings is 1. The van der Waals surface area contributed by atoms with Crippen molar-refractivity contribution in [2.75, 3.05) is 33.0 Å². The lowest BCUT2D eigenvalue weighted by Crippen LogP contribution is -2.30. The summed E-state index contributed by atoms with van der Waals surface area (Å²) < 4.78 is 9.81. The van der Waals surface area contributed by atoms with Crippen LogP contribution in [0.15, 0.2) is 18.2 Å². The average molecular weight is 278 g/mol. The molecule has 0 aromatic heterocycles. The molecule has 6 heteroatoms. The van der Waals surface area contributed by atoms with Crippen LogP contribution in [0.5, 0.6) is 5.75 Å². The van der Waals surface area contributed by atoms with Gasteiger partial charge < -0.3 is 20.1 Å². The molecule has 0 radical (unpaired) electrons. The number of rotatable bonds is 3. The number of amides is 1. The quantitative estimate of drug-likeness (QED) is 0.656. The lowest BCUT2D eigenvalue weighted by molar-refractivity contribution is -0.144. The highest BCUT2D eigenvalue weighted by Gasteiger charge is 2.32. The Labute approximate surface area is 117 Å². The molecule has 0 aliphatic carbocycles. The number of nitrogens with zero attached hydrogens (tertiary/aromatic N) is 1. The second-order valence-corrected chi connectivity index (χ2v) is 4.75. The lowest BCUT2D eigenvalue weighted by Gasteiger charge is -2.17. The Balaban J connectivity index is 2.13. The van der Waals surface area contributed by atoms with Crippen LogP contribution in [0.1, 0.15) is 16.8 Å². The number of hydrogen-bond donors (Lipinski definition) is 1. The molecule has 20 heavy (non-hydrogen) atoms. The fourth-order valence-electron chi connectivity index (χ4n) is 2.35. The molecule has 0 bridgehead atoms. The van der Waals surface area contributed by atoms with E-state index in [9.17, 15) is 9.59 Å². The summed E-state index contributed by atoms with van der Waals surface area (Å²) in [5.41, 5.74) is 6.68. The molecule has 0 spiro atoms. The molecule has 6 nitrogen and oxygen atoms in total. The fourth-order valence-corrected chi connectivity index (χ4v) is 2.35. The molecule has 1 atom stereocenters. The van der Waals surface area contributed by atoms with E-state index in [-0.39, 0.29) is 17.8 Å². The molecule has 1 aliphatic rings. The third kappa shape index (κ3) is 2.84. The number of esters is 1. The number of hydrogen-bond acceptors (Lipinski definition) is 5. The minimum Gasteiger partial charge on any atom is -0.497 e. The van der Waals surface area contributed by atoms with E-state index >= 15 is 0 Å². The zero-order valence-corrected chi connectivity index (χ0v) is 11.6. The normalized spacial score (nSPS) is 17.9. The SMILES string of the molecule is COC(=O)C1CCN(C(=O)c2cc(N)cc(OC)c2)C1. The van der Waals surface area contributed by atoms with E-state index in [4.69, 9.17) is 15.2 Å². The van der Waals surface area contributed by atoms with E-state index in [0.29, 0.717) is 36.5 Å². The highest BCUT2D eigenvalue weighted by atomic mass is 16.5. The van der Waals surface area contributed by atoms with Crippen LogP contribution in [-0.2, 0) is 9.53 Å². The van der Waals surface area contributed by atoms with Gasteiger partial charge in [0.25, 0.3) is 5.91 Å². The summed E-state index contributed by atoms with van der Waals surface area (Å²) in [6, 6.07) is 4.90. The first-order chi connectivity index (χ1) is 9.55. The topological polar surface area (TPSA) is 81.9 Å². The van der Waals surface area contributed by atoms with Crippen LogP contribution >= 0.6 is 0 Å². The van der Waals surface area contributed by atoms with E-state index < -0.39 is 0 Å². The summed E-state index contributed by atoms with van der Waals surface area (Å²) in [6.45, 7) is 0.915. The van der Waals surface area contributed by atoms with Crippen LogP contribution < -0.4 is 10.5 Å². The van der Waals surface area contributed by atoms with Gasteiger partial charge in [0, 0.05) is 30.4 Å². The van der Waals surface area contributed by atoms with Gasteiger partial charge in [-0.15, -0.1) is 0 Å². The monoisotopic (exact) mass is 278 g/mol. The molecule has 108 valence electrons. The summed E-state index contributed by atoms with van der Waals surface area (Å²) in [5, 5.41) is 0. The Hall–Kier alpha value is -2.24. The van der Waals surface area contributed by atoms with Crippen LogP contribution in [0.3, 0.4) is 0 Å². The predicted molar refractivity (Wildman–Crippen MR) is 73.4 cm³/mol. The Morgan fingerprint density at radius 3 is 2.70 bits per heavy atom. The second-order valence-electron chi connectivity index (χ2n) is 4.75. The van der Waals surface area contributed by atoms with Gasteiger partial charge in [-0.1, -0.05) is 0 Å². The highest BCUT2D eigenvalue weighted by Crippen LogP contribution is 2.23. The van der Waals surface area contributed by atoms with Gasteiger partial charge in [0.05, 0.1) is 20.1 Å². The van der Waals surface area contributed by atoms with E-state index in [1.54, 1.807) is 23.1 Å². The van der Waals surface area contributed by atoms with Crippen molar-refractivity contribution >= 4 is 17.6 Å². The molecule has 1 heterocycles. The third-order valence-corrected chi connectivity index (χ3v) is 3.42. The number of ether oxygens (including phenoxy) is 2. The number of likely N-dealkylation sites (tertiary alicyclic amines) is 1. The molecule has 2 N–H and O–H groups in total. The summed E-state index contributed by atoms with van der Waals surface area (Å²) in [7, 11) is 2.88. The van der Waals surface area contributed by atoms with Crippen molar-refractivity contribution in [2.24, 2.45) is 5.92 Å². The summed E-state index contributed by atoms with van der Waals surface area (Å²) in [5.74, 6) is -0.128. The molecular formula is C14H18N2O4. The van der Waals surface area contributed by atoms with Crippen LogP contribution in [0.2, 0.25) is 0 Å². The van der Waals surface area contributed by atoms with Crippen LogP contribution in [-0.4, -0.2) is 44.1 Å². The number of anilines is 1. The Kier molecular flexibility index (Phi) is 4.12. The van der Waals surface area contributed by atoms with Crippen LogP contribution in [0.25, 0.3) is 0 Å². The number of nitrogens with two attached hydrogens (primary N) is 1. The van der Waals surface area contributed by atoms with Crippen molar-refractivity contribution in [3.63, 3.8) is 0 Å². The van der Waals surface area contributed by atoms with Crippen molar-refractivity contribution in [1.82, 2.24) is 4.90 Å². The standard InChI is InChI=1S/C14H18N2O4/c1-19-12-6-10(5-11(15)7-12)13(17)16-4-3-9(8-16)14(18)20-2/h5-7,9H,3-4,8,15H2,1-2H3. The van der Waals surface area contributed by atoms with E-state index in [1.807, 2.05) is 0 Å². The predicted octanol–water partition coefficient (Wildman–Crippen LogP) is 0.912.